The van der Waals surface area contributed by atoms with E-state index in [2.05, 4.69) is 4.72 Å². The molecule has 0 spiro atoms. The van der Waals surface area contributed by atoms with Crippen LogP contribution in [0.4, 0.5) is 11.4 Å². The second-order valence-electron chi connectivity index (χ2n) is 6.71. The Kier molecular flexibility index (Phi) is 6.97. The van der Waals surface area contributed by atoms with E-state index in [9.17, 15) is 8.42 Å². The van der Waals surface area contributed by atoms with Gasteiger partial charge in [0, 0.05) is 13.1 Å². The Morgan fingerprint density at radius 2 is 1.30 bits per heavy atom. The van der Waals surface area contributed by atoms with Gasteiger partial charge in [-0.05, 0) is 43.3 Å². The molecule has 0 saturated heterocycles. The lowest BCUT2D eigenvalue weighted by molar-refractivity contribution is 0.411. The van der Waals surface area contributed by atoms with E-state index in [4.69, 9.17) is 9.47 Å². The molecule has 3 aromatic rings. The molecule has 0 fully saturated rings. The summed E-state index contributed by atoms with van der Waals surface area (Å²) in [5.41, 5.74) is 2.64. The van der Waals surface area contributed by atoms with Crippen LogP contribution in [0.1, 0.15) is 5.56 Å². The highest BCUT2D eigenvalue weighted by molar-refractivity contribution is 7.89. The fraction of sp³-hybridized carbons (Fsp3) is 0.217. The number of rotatable bonds is 9. The molecule has 0 saturated carbocycles. The van der Waals surface area contributed by atoms with Crippen molar-refractivity contribution in [1.82, 2.24) is 4.72 Å². The van der Waals surface area contributed by atoms with Crippen LogP contribution in [0.5, 0.6) is 11.5 Å². The molecular weight excluding hydrogens is 400 g/mol. The van der Waals surface area contributed by atoms with Gasteiger partial charge in [-0.3, -0.25) is 0 Å². The van der Waals surface area contributed by atoms with Crippen LogP contribution in [0.2, 0.25) is 0 Å². The fourth-order valence-corrected chi connectivity index (χ4v) is 4.19. The molecule has 3 rings (SSSR count). The van der Waals surface area contributed by atoms with Gasteiger partial charge in [-0.15, -0.1) is 0 Å². The minimum absolute atomic E-state index is 0.201. The Morgan fingerprint density at radius 1 is 0.800 bits per heavy atom. The van der Waals surface area contributed by atoms with Crippen LogP contribution < -0.4 is 19.1 Å². The van der Waals surface area contributed by atoms with Gasteiger partial charge in [0.25, 0.3) is 0 Å². The molecule has 0 bridgehead atoms. The molecule has 1 N–H and O–H groups in total. The number of hydrogen-bond acceptors (Lipinski definition) is 5. The number of nitrogens with zero attached hydrogens (tertiary/aromatic N) is 1. The Labute approximate surface area is 178 Å². The molecule has 30 heavy (non-hydrogen) atoms. The predicted octanol–water partition coefficient (Wildman–Crippen LogP) is 4.13. The zero-order valence-corrected chi connectivity index (χ0v) is 18.1. The average molecular weight is 427 g/mol. The highest BCUT2D eigenvalue weighted by atomic mass is 32.2. The Hall–Kier alpha value is -3.03. The third-order valence-electron chi connectivity index (χ3n) is 4.71. The first-order valence-corrected chi connectivity index (χ1v) is 11.0. The lowest BCUT2D eigenvalue weighted by Gasteiger charge is -2.28. The number of benzene rings is 3. The van der Waals surface area contributed by atoms with E-state index >= 15 is 0 Å². The molecule has 0 radical (unpaired) electrons. The summed E-state index contributed by atoms with van der Waals surface area (Å²) in [6.45, 7) is 2.50. The summed E-state index contributed by atoms with van der Waals surface area (Å²) in [4.78, 5) is 2.23. The highest BCUT2D eigenvalue weighted by Crippen LogP contribution is 2.37. The molecule has 0 aromatic heterocycles. The van der Waals surface area contributed by atoms with Gasteiger partial charge in [0.1, 0.15) is 11.5 Å². The van der Waals surface area contributed by atoms with Crippen LogP contribution in [-0.2, 0) is 10.0 Å². The number of ether oxygens (including phenoxy) is 2. The highest BCUT2D eigenvalue weighted by Gasteiger charge is 2.19. The Balaban J connectivity index is 1.87. The van der Waals surface area contributed by atoms with Crippen molar-refractivity contribution in [2.45, 2.75) is 11.8 Å². The standard InChI is InChI=1S/C23H26N2O4S/c1-18-12-14-19(15-13-18)30(26,27)24-16-17-25(20-8-4-6-10-22(20)28-2)21-9-5-7-11-23(21)29-3/h4-15,24H,16-17H2,1-3H3. The van der Waals surface area contributed by atoms with Crippen LogP contribution in [0.3, 0.4) is 0 Å². The summed E-state index contributed by atoms with van der Waals surface area (Å²) in [5.74, 6) is 1.37. The monoisotopic (exact) mass is 426 g/mol. The zero-order valence-electron chi connectivity index (χ0n) is 17.3. The van der Waals surface area contributed by atoms with E-state index in [-0.39, 0.29) is 11.4 Å². The van der Waals surface area contributed by atoms with Gasteiger partial charge in [0.2, 0.25) is 10.0 Å². The van der Waals surface area contributed by atoms with Crippen molar-refractivity contribution < 1.29 is 17.9 Å². The second kappa shape index (κ2) is 9.65. The summed E-state index contributed by atoms with van der Waals surface area (Å²) in [7, 11) is -0.387. The number of para-hydroxylation sites is 4. The molecule has 0 aliphatic rings. The lowest BCUT2D eigenvalue weighted by Crippen LogP contribution is -2.33. The first kappa shape index (κ1) is 21.7. The zero-order chi connectivity index (χ0) is 21.6. The maximum absolute atomic E-state index is 12.7. The van der Waals surface area contributed by atoms with Gasteiger partial charge >= 0.3 is 0 Å². The number of sulfonamides is 1. The molecule has 0 amide bonds. The van der Waals surface area contributed by atoms with E-state index in [0.29, 0.717) is 18.0 Å². The summed E-state index contributed by atoms with van der Waals surface area (Å²) in [6, 6.07) is 22.0. The third kappa shape index (κ3) is 4.93. The van der Waals surface area contributed by atoms with Gasteiger partial charge in [-0.2, -0.15) is 0 Å². The summed E-state index contributed by atoms with van der Waals surface area (Å²) >= 11 is 0. The van der Waals surface area contributed by atoms with E-state index < -0.39 is 10.0 Å². The molecule has 7 heteroatoms. The van der Waals surface area contributed by atoms with E-state index in [1.54, 1.807) is 38.5 Å². The average Bonchev–Trinajstić information content (AvgIpc) is 2.77. The number of hydrogen-bond donors (Lipinski definition) is 1. The molecule has 3 aromatic carbocycles. The summed E-state index contributed by atoms with van der Waals surface area (Å²) < 4.78 is 39.1. The first-order chi connectivity index (χ1) is 14.5. The quantitative estimate of drug-likeness (QED) is 0.557. The summed E-state index contributed by atoms with van der Waals surface area (Å²) in [6.07, 6.45) is 0. The molecule has 0 aliphatic heterocycles. The van der Waals surface area contributed by atoms with Crippen molar-refractivity contribution >= 4 is 21.4 Å². The normalized spacial score (nSPS) is 11.2. The molecule has 158 valence electrons. The summed E-state index contributed by atoms with van der Waals surface area (Å²) in [5, 5.41) is 0. The van der Waals surface area contributed by atoms with E-state index in [0.717, 1.165) is 16.9 Å². The van der Waals surface area contributed by atoms with Crippen molar-refractivity contribution in [3.05, 3.63) is 78.4 Å². The van der Waals surface area contributed by atoms with Crippen LogP contribution in [0, 0.1) is 6.92 Å². The molecule has 6 nitrogen and oxygen atoms in total. The third-order valence-corrected chi connectivity index (χ3v) is 6.19. The van der Waals surface area contributed by atoms with Gasteiger partial charge in [0.05, 0.1) is 30.5 Å². The second-order valence-corrected chi connectivity index (χ2v) is 8.47. The van der Waals surface area contributed by atoms with E-state index in [1.807, 2.05) is 60.4 Å². The van der Waals surface area contributed by atoms with Gasteiger partial charge < -0.3 is 14.4 Å². The fourth-order valence-electron chi connectivity index (χ4n) is 3.17. The van der Waals surface area contributed by atoms with Gasteiger partial charge in [-0.25, -0.2) is 13.1 Å². The topological polar surface area (TPSA) is 67.9 Å². The Morgan fingerprint density at radius 3 is 1.80 bits per heavy atom. The molecule has 0 unspecified atom stereocenters. The maximum atomic E-state index is 12.7. The molecular formula is C23H26N2O4S. The number of aryl methyl sites for hydroxylation is 1. The van der Waals surface area contributed by atoms with Crippen molar-refractivity contribution in [3.8, 4) is 11.5 Å². The van der Waals surface area contributed by atoms with Gasteiger partial charge in [-0.1, -0.05) is 42.0 Å². The largest absolute Gasteiger partial charge is 0.495 e. The van der Waals surface area contributed by atoms with Crippen LogP contribution >= 0.6 is 0 Å². The SMILES string of the molecule is COc1ccccc1N(CCNS(=O)(=O)c1ccc(C)cc1)c1ccccc1OC. The van der Waals surface area contributed by atoms with Crippen molar-refractivity contribution in [2.24, 2.45) is 0 Å². The van der Waals surface area contributed by atoms with E-state index in [1.165, 1.54) is 0 Å². The number of nitrogens with one attached hydrogen (secondary N) is 1. The predicted molar refractivity (Wildman–Crippen MR) is 119 cm³/mol. The molecule has 0 aliphatic carbocycles. The smallest absolute Gasteiger partial charge is 0.240 e. The van der Waals surface area contributed by atoms with Crippen LogP contribution in [-0.4, -0.2) is 35.7 Å². The van der Waals surface area contributed by atoms with Crippen molar-refractivity contribution in [1.29, 1.82) is 0 Å². The van der Waals surface area contributed by atoms with Crippen molar-refractivity contribution in [2.75, 3.05) is 32.2 Å². The molecule has 0 heterocycles. The van der Waals surface area contributed by atoms with Crippen molar-refractivity contribution in [3.63, 3.8) is 0 Å². The minimum atomic E-state index is -3.61. The number of anilines is 2. The number of methoxy groups -OCH3 is 2. The lowest BCUT2D eigenvalue weighted by atomic mass is 10.2. The molecule has 0 atom stereocenters. The minimum Gasteiger partial charge on any atom is -0.495 e. The Bertz CT molecular complexity index is 1030. The van der Waals surface area contributed by atoms with Gasteiger partial charge in [0.15, 0.2) is 0 Å². The van der Waals surface area contributed by atoms with Crippen LogP contribution in [0.25, 0.3) is 0 Å². The van der Waals surface area contributed by atoms with Crippen LogP contribution in [0.15, 0.2) is 77.7 Å². The maximum Gasteiger partial charge on any atom is 0.240 e. The first-order valence-electron chi connectivity index (χ1n) is 9.56.